The fraction of sp³-hybridized carbons (Fsp3) is 0.286. The number of nitrogens with one attached hydrogen (secondary N) is 1. The third-order valence-electron chi connectivity index (χ3n) is 0.644. The van der Waals surface area contributed by atoms with E-state index in [-0.39, 0.29) is 4.82 Å². The van der Waals surface area contributed by atoms with Crippen molar-refractivity contribution in [3.8, 4) is 24.3 Å². The fourth-order valence-corrected chi connectivity index (χ4v) is 0.390. The molecule has 2 nitrogen and oxygen atoms in total. The summed E-state index contributed by atoms with van der Waals surface area (Å²) >= 11 is 2.65. The number of hydrogen-bond acceptors (Lipinski definition) is 1. The second-order valence-corrected chi connectivity index (χ2v) is 2.12. The molecular formula is C7H6BrNO. The molecule has 0 aliphatic carbocycles. The third-order valence-corrected chi connectivity index (χ3v) is 0.842. The summed E-state index contributed by atoms with van der Waals surface area (Å²) in [5, 5.41) is 2.25. The molecule has 0 radical (unpaired) electrons. The second-order valence-electron chi connectivity index (χ2n) is 1.40. The number of rotatable bonds is 1. The molecule has 3 heteroatoms. The van der Waals surface area contributed by atoms with E-state index in [9.17, 15) is 4.79 Å². The highest BCUT2D eigenvalue weighted by Gasteiger charge is 1.82. The van der Waals surface area contributed by atoms with Gasteiger partial charge < -0.3 is 0 Å². The molecule has 0 saturated carbocycles. The van der Waals surface area contributed by atoms with Crippen LogP contribution in [-0.4, -0.2) is 4.82 Å². The van der Waals surface area contributed by atoms with Crippen LogP contribution in [0.4, 0.5) is 4.79 Å². The van der Waals surface area contributed by atoms with Gasteiger partial charge in [-0.1, -0.05) is 5.92 Å². The Bertz CT molecular complexity index is 206. The van der Waals surface area contributed by atoms with E-state index in [2.05, 4.69) is 39.1 Å². The Morgan fingerprint density at radius 3 is 2.80 bits per heavy atom. The first-order valence-electron chi connectivity index (χ1n) is 2.64. The van der Waals surface area contributed by atoms with Crippen molar-refractivity contribution in [1.82, 2.24) is 5.32 Å². The lowest BCUT2D eigenvalue weighted by Gasteiger charge is -1.81. The van der Waals surface area contributed by atoms with Gasteiger partial charge in [-0.05, 0) is 0 Å². The summed E-state index contributed by atoms with van der Waals surface area (Å²) in [6.45, 7) is 0. The number of carbonyl (C=O) groups is 1. The van der Waals surface area contributed by atoms with E-state index in [1.54, 1.807) is 0 Å². The third kappa shape index (κ3) is 7.07. The molecule has 0 aromatic rings. The van der Waals surface area contributed by atoms with E-state index in [1.807, 2.05) is 0 Å². The van der Waals surface area contributed by atoms with Gasteiger partial charge >= 0.3 is 0 Å². The smallest absolute Gasteiger partial charge is 0.275 e. The van der Waals surface area contributed by atoms with Crippen molar-refractivity contribution >= 4 is 20.7 Å². The highest BCUT2D eigenvalue weighted by molar-refractivity contribution is 9.18. The van der Waals surface area contributed by atoms with Crippen molar-refractivity contribution in [3.63, 3.8) is 0 Å². The summed E-state index contributed by atoms with van der Waals surface area (Å²) in [7, 11) is 0. The summed E-state index contributed by atoms with van der Waals surface area (Å²) in [6, 6.07) is 2.43. The average Bonchev–Trinajstić information content (AvgIpc) is 1.87. The molecule has 0 spiro atoms. The van der Waals surface area contributed by atoms with Crippen LogP contribution in [0.5, 0.6) is 0 Å². The zero-order valence-corrected chi connectivity index (χ0v) is 6.86. The number of hydrogen-bond donors (Lipinski definition) is 1. The molecule has 0 aromatic heterocycles. The van der Waals surface area contributed by atoms with Gasteiger partial charge in [-0.25, -0.2) is 0 Å². The van der Waals surface area contributed by atoms with Crippen LogP contribution in [-0.2, 0) is 0 Å². The van der Waals surface area contributed by atoms with E-state index in [4.69, 9.17) is 6.42 Å². The predicted molar refractivity (Wildman–Crippen MR) is 43.3 cm³/mol. The van der Waals surface area contributed by atoms with Gasteiger partial charge in [-0.15, -0.1) is 12.3 Å². The van der Waals surface area contributed by atoms with Crippen LogP contribution < -0.4 is 5.32 Å². The highest BCUT2D eigenvalue weighted by Crippen LogP contribution is 1.81. The van der Waals surface area contributed by atoms with Crippen molar-refractivity contribution in [1.29, 1.82) is 0 Å². The number of carbonyl (C=O) groups excluding carboxylic acids is 1. The molecule has 0 aliphatic rings. The summed E-state index contributed by atoms with van der Waals surface area (Å²) in [5.74, 6) is 5.09. The van der Waals surface area contributed by atoms with E-state index < -0.39 is 0 Å². The molecule has 0 saturated heterocycles. The Kier molecular flexibility index (Phi) is 5.62. The standard InChI is InChI=1S/C7H6BrNO/c1-2-3-4-5-6-9-7(8)10/h1H,3-4H2,(H,9,10). The maximum absolute atomic E-state index is 10.1. The topological polar surface area (TPSA) is 29.1 Å². The fourth-order valence-electron chi connectivity index (χ4n) is 0.291. The molecule has 0 aromatic carbocycles. The van der Waals surface area contributed by atoms with Crippen molar-refractivity contribution < 1.29 is 4.79 Å². The summed E-state index contributed by atoms with van der Waals surface area (Å²) in [5.41, 5.74) is 0. The quantitative estimate of drug-likeness (QED) is 0.224. The van der Waals surface area contributed by atoms with Gasteiger partial charge in [0.25, 0.3) is 4.82 Å². The van der Waals surface area contributed by atoms with Gasteiger partial charge in [0, 0.05) is 34.8 Å². The average molecular weight is 200 g/mol. The molecule has 10 heavy (non-hydrogen) atoms. The predicted octanol–water partition coefficient (Wildman–Crippen LogP) is 1.47. The van der Waals surface area contributed by atoms with Gasteiger partial charge in [0.05, 0.1) is 0 Å². The highest BCUT2D eigenvalue weighted by atomic mass is 79.9. The zero-order chi connectivity index (χ0) is 7.82. The molecule has 0 bridgehead atoms. The first-order valence-corrected chi connectivity index (χ1v) is 3.43. The Hall–Kier alpha value is -0.930. The Labute approximate surface area is 68.5 Å². The maximum Gasteiger partial charge on any atom is 0.298 e. The van der Waals surface area contributed by atoms with Crippen LogP contribution in [0.15, 0.2) is 0 Å². The lowest BCUT2D eigenvalue weighted by molar-refractivity contribution is 0.265. The Morgan fingerprint density at radius 1 is 1.60 bits per heavy atom. The normalized spacial score (nSPS) is 6.80. The Balaban J connectivity index is 3.34. The van der Waals surface area contributed by atoms with Crippen LogP contribution in [0.2, 0.25) is 0 Å². The summed E-state index contributed by atoms with van der Waals surface area (Å²) in [4.78, 5) is 9.81. The van der Waals surface area contributed by atoms with E-state index in [0.29, 0.717) is 12.8 Å². The van der Waals surface area contributed by atoms with Crippen LogP contribution in [0.1, 0.15) is 12.8 Å². The van der Waals surface area contributed by atoms with E-state index in [0.717, 1.165) is 0 Å². The van der Waals surface area contributed by atoms with Crippen molar-refractivity contribution in [2.24, 2.45) is 0 Å². The first kappa shape index (κ1) is 9.07. The molecule has 0 unspecified atom stereocenters. The van der Waals surface area contributed by atoms with E-state index >= 15 is 0 Å². The lowest BCUT2D eigenvalue weighted by atomic mass is 10.3. The van der Waals surface area contributed by atoms with Gasteiger partial charge in [0.1, 0.15) is 0 Å². The second kappa shape index (κ2) is 6.19. The molecule has 1 amide bonds. The van der Waals surface area contributed by atoms with E-state index in [1.165, 1.54) is 0 Å². The summed E-state index contributed by atoms with van der Waals surface area (Å²) in [6.07, 6.45) is 6.19. The molecule has 0 atom stereocenters. The molecule has 52 valence electrons. The monoisotopic (exact) mass is 199 g/mol. The lowest BCUT2D eigenvalue weighted by Crippen LogP contribution is -2.06. The first-order chi connectivity index (χ1) is 4.77. The van der Waals surface area contributed by atoms with Gasteiger partial charge in [-0.2, -0.15) is 0 Å². The van der Waals surface area contributed by atoms with Gasteiger partial charge in [0.15, 0.2) is 0 Å². The molecule has 1 N–H and O–H groups in total. The minimum absolute atomic E-state index is 0.333. The zero-order valence-electron chi connectivity index (χ0n) is 5.28. The SMILES string of the molecule is C#CCCC#CNC(=O)Br. The van der Waals surface area contributed by atoms with Crippen LogP contribution in [0, 0.1) is 24.3 Å². The number of amides is 1. The summed E-state index contributed by atoms with van der Waals surface area (Å²) < 4.78 is 0. The number of terminal acetylenes is 1. The number of halogens is 1. The molecule has 0 rings (SSSR count). The number of unbranched alkanes of at least 4 members (excludes halogenated alkanes) is 1. The van der Waals surface area contributed by atoms with Crippen molar-refractivity contribution in [2.45, 2.75) is 12.8 Å². The molecule has 0 aliphatic heterocycles. The minimum atomic E-state index is -0.333. The van der Waals surface area contributed by atoms with Gasteiger partial charge in [-0.3, -0.25) is 10.1 Å². The van der Waals surface area contributed by atoms with Crippen LogP contribution >= 0.6 is 15.9 Å². The maximum atomic E-state index is 10.1. The largest absolute Gasteiger partial charge is 0.298 e. The minimum Gasteiger partial charge on any atom is -0.275 e. The molecule has 0 heterocycles. The van der Waals surface area contributed by atoms with Gasteiger partial charge in [0.2, 0.25) is 0 Å². The van der Waals surface area contributed by atoms with Crippen molar-refractivity contribution in [2.75, 3.05) is 0 Å². The molecular weight excluding hydrogens is 194 g/mol. The van der Waals surface area contributed by atoms with Crippen molar-refractivity contribution in [3.05, 3.63) is 0 Å². The Morgan fingerprint density at radius 2 is 2.30 bits per heavy atom. The van der Waals surface area contributed by atoms with Crippen LogP contribution in [0.25, 0.3) is 0 Å². The molecule has 0 fully saturated rings. The van der Waals surface area contributed by atoms with Crippen LogP contribution in [0.3, 0.4) is 0 Å².